The zero-order valence-corrected chi connectivity index (χ0v) is 30.0. The highest BCUT2D eigenvalue weighted by atomic mass is 16.7. The number of rotatable bonds is 5. The average Bonchev–Trinajstić information content (AvgIpc) is 3.62. The first kappa shape index (κ1) is 35.5. The number of fused-ring (bicyclic) bond motifs is 4. The number of aliphatic hydroxyl groups is 6. The van der Waals surface area contributed by atoms with E-state index in [1.54, 1.807) is 13.8 Å². The highest BCUT2D eigenvalue weighted by Crippen LogP contribution is 2.89. The minimum atomic E-state index is -1.86. The van der Waals surface area contributed by atoms with Crippen molar-refractivity contribution in [2.75, 3.05) is 6.61 Å². The van der Waals surface area contributed by atoms with Crippen LogP contribution in [-0.2, 0) is 23.7 Å². The summed E-state index contributed by atoms with van der Waals surface area (Å²) in [4.78, 5) is 12.1. The molecular formula is C37H60O11. The molecule has 6 N–H and O–H groups in total. The van der Waals surface area contributed by atoms with Gasteiger partial charge in [0, 0.05) is 18.3 Å². The summed E-state index contributed by atoms with van der Waals surface area (Å²) in [6.45, 7) is 15.4. The Labute approximate surface area is 284 Å². The number of carbonyl (C=O) groups is 1. The topological polar surface area (TPSA) is 175 Å². The van der Waals surface area contributed by atoms with Gasteiger partial charge < -0.3 is 49.6 Å². The largest absolute Gasteiger partial charge is 0.457 e. The normalized spacial score (nSPS) is 56.1. The van der Waals surface area contributed by atoms with E-state index in [1.165, 1.54) is 6.92 Å². The molecule has 2 unspecified atom stereocenters. The smallest absolute Gasteiger partial charge is 0.303 e. The average molecular weight is 681 g/mol. The van der Waals surface area contributed by atoms with E-state index in [0.717, 1.165) is 44.9 Å². The molecule has 0 aromatic carbocycles. The molecule has 7 rings (SSSR count). The number of hydrogen-bond donors (Lipinski definition) is 6. The molecule has 2 heterocycles. The predicted molar refractivity (Wildman–Crippen MR) is 172 cm³/mol. The molecule has 7 fully saturated rings. The van der Waals surface area contributed by atoms with Crippen LogP contribution in [0, 0.1) is 50.7 Å². The van der Waals surface area contributed by atoms with Gasteiger partial charge in [-0.05, 0) is 105 Å². The fourth-order valence-electron chi connectivity index (χ4n) is 13.8. The molecule has 0 bridgehead atoms. The summed E-state index contributed by atoms with van der Waals surface area (Å²) >= 11 is 0. The van der Waals surface area contributed by atoms with Crippen LogP contribution in [0.3, 0.4) is 0 Å². The molecule has 7 aliphatic rings. The van der Waals surface area contributed by atoms with Crippen LogP contribution in [0.25, 0.3) is 0 Å². The zero-order chi connectivity index (χ0) is 35.2. The number of carbonyl (C=O) groups excluding carboxylic acids is 1. The maximum absolute atomic E-state index is 12.6. The van der Waals surface area contributed by atoms with Gasteiger partial charge in [0.15, 0.2) is 18.2 Å². The van der Waals surface area contributed by atoms with Crippen molar-refractivity contribution in [1.82, 2.24) is 0 Å². The molecule has 11 heteroatoms. The maximum Gasteiger partial charge on any atom is 0.303 e. The lowest BCUT2D eigenvalue weighted by atomic mass is 9.41. The van der Waals surface area contributed by atoms with Crippen LogP contribution < -0.4 is 0 Å². The highest BCUT2D eigenvalue weighted by Gasteiger charge is 2.86. The summed E-state index contributed by atoms with van der Waals surface area (Å²) in [5.41, 5.74) is -2.59. The molecule has 0 aromatic rings. The van der Waals surface area contributed by atoms with Gasteiger partial charge in [-0.25, -0.2) is 0 Å². The number of ether oxygens (including phenoxy) is 4. The Bertz CT molecular complexity index is 1300. The number of hydrogen-bond acceptors (Lipinski definition) is 11. The summed E-state index contributed by atoms with van der Waals surface area (Å²) in [6.07, 6.45) is -0.902. The van der Waals surface area contributed by atoms with E-state index in [-0.39, 0.29) is 46.7 Å². The Morgan fingerprint density at radius 2 is 1.58 bits per heavy atom. The van der Waals surface area contributed by atoms with E-state index in [0.29, 0.717) is 12.3 Å². The van der Waals surface area contributed by atoms with E-state index in [4.69, 9.17) is 18.9 Å². The summed E-state index contributed by atoms with van der Waals surface area (Å²) in [5, 5.41) is 67.0. The van der Waals surface area contributed by atoms with Crippen molar-refractivity contribution in [3.8, 4) is 0 Å². The molecule has 48 heavy (non-hydrogen) atoms. The van der Waals surface area contributed by atoms with Crippen LogP contribution in [0.15, 0.2) is 0 Å². The fraction of sp³-hybridized carbons (Fsp3) is 0.973. The Morgan fingerprint density at radius 1 is 0.938 bits per heavy atom. The molecular weight excluding hydrogens is 620 g/mol. The van der Waals surface area contributed by atoms with Gasteiger partial charge in [-0.1, -0.05) is 34.6 Å². The van der Waals surface area contributed by atoms with Crippen molar-refractivity contribution in [2.45, 2.75) is 167 Å². The monoisotopic (exact) mass is 680 g/mol. The molecule has 2 saturated heterocycles. The molecule has 2 spiro atoms. The summed E-state index contributed by atoms with van der Waals surface area (Å²) in [6, 6.07) is 0. The van der Waals surface area contributed by atoms with Gasteiger partial charge in [0.1, 0.15) is 30.5 Å². The second kappa shape index (κ2) is 10.8. The van der Waals surface area contributed by atoms with E-state index in [2.05, 4.69) is 34.6 Å². The molecule has 0 amide bonds. The molecule has 11 nitrogen and oxygen atoms in total. The molecule has 0 radical (unpaired) electrons. The zero-order valence-electron chi connectivity index (χ0n) is 30.0. The second-order valence-corrected chi connectivity index (χ2v) is 18.8. The molecule has 0 aromatic heterocycles. The van der Waals surface area contributed by atoms with Crippen molar-refractivity contribution in [2.24, 2.45) is 50.7 Å². The van der Waals surface area contributed by atoms with Gasteiger partial charge in [-0.2, -0.15) is 0 Å². The van der Waals surface area contributed by atoms with Gasteiger partial charge >= 0.3 is 5.97 Å². The Morgan fingerprint density at radius 3 is 2.23 bits per heavy atom. The van der Waals surface area contributed by atoms with Crippen LogP contribution >= 0.6 is 0 Å². The predicted octanol–water partition coefficient (Wildman–Crippen LogP) is 2.65. The molecule has 17 atom stereocenters. The van der Waals surface area contributed by atoms with Crippen LogP contribution in [0.1, 0.15) is 107 Å². The lowest BCUT2D eigenvalue weighted by molar-refractivity contribution is -0.342. The first-order valence-corrected chi connectivity index (χ1v) is 18.4. The Kier molecular flexibility index (Phi) is 8.01. The summed E-state index contributed by atoms with van der Waals surface area (Å²) < 4.78 is 24.2. The van der Waals surface area contributed by atoms with Crippen LogP contribution in [0.4, 0.5) is 0 Å². The van der Waals surface area contributed by atoms with E-state index in [1.807, 2.05) is 0 Å². The third-order valence-corrected chi connectivity index (χ3v) is 15.9. The van der Waals surface area contributed by atoms with Crippen molar-refractivity contribution in [3.05, 3.63) is 0 Å². The van der Waals surface area contributed by atoms with Crippen molar-refractivity contribution in [1.29, 1.82) is 0 Å². The third-order valence-electron chi connectivity index (χ3n) is 15.9. The summed E-state index contributed by atoms with van der Waals surface area (Å²) in [7, 11) is 0. The van der Waals surface area contributed by atoms with E-state index in [9.17, 15) is 35.4 Å². The van der Waals surface area contributed by atoms with Gasteiger partial charge in [0.05, 0.1) is 18.3 Å². The Balaban J connectivity index is 1.17. The minimum absolute atomic E-state index is 0.0222. The summed E-state index contributed by atoms with van der Waals surface area (Å²) in [5.74, 6) is -2.26. The minimum Gasteiger partial charge on any atom is -0.457 e. The van der Waals surface area contributed by atoms with Crippen LogP contribution in [0.2, 0.25) is 0 Å². The molecule has 5 saturated carbocycles. The fourth-order valence-corrected chi connectivity index (χ4v) is 13.8. The number of esters is 1. The highest BCUT2D eigenvalue weighted by molar-refractivity contribution is 5.66. The lowest BCUT2D eigenvalue weighted by Crippen LogP contribution is -2.62. The maximum atomic E-state index is 12.6. The van der Waals surface area contributed by atoms with E-state index >= 15 is 0 Å². The van der Waals surface area contributed by atoms with Gasteiger partial charge in [-0.15, -0.1) is 0 Å². The molecule has 2 aliphatic heterocycles. The van der Waals surface area contributed by atoms with Crippen molar-refractivity contribution in [3.63, 3.8) is 0 Å². The first-order chi connectivity index (χ1) is 22.1. The lowest BCUT2D eigenvalue weighted by Gasteiger charge is -2.63. The van der Waals surface area contributed by atoms with Crippen molar-refractivity contribution >= 4 is 5.97 Å². The van der Waals surface area contributed by atoms with Crippen LogP contribution in [0.5, 0.6) is 0 Å². The van der Waals surface area contributed by atoms with Crippen molar-refractivity contribution < 1.29 is 54.4 Å². The first-order valence-electron chi connectivity index (χ1n) is 18.4. The van der Waals surface area contributed by atoms with Gasteiger partial charge in [-0.3, -0.25) is 4.79 Å². The number of aliphatic hydroxyl groups excluding tert-OH is 4. The molecule has 274 valence electrons. The standard InChI is InChI=1S/C37H60O11/c1-18-15-21(28(32(5,6)43)46-19(2)38)48-37(44)27(18)33(7)13-14-36-17-35(36)12-11-24(47-29-26(41)25(40)20(39)16-45-29)31(3,4)22(35)9-10-23(36)34(33,8)30(37)42/h18,20-30,39-44H,9-17H2,1-8H3/t18-,20-,21+,22?,23+,24+,25+,26-,27-,28+,29+,30-,33-,34-,35-,36?,37+/m1/s1. The van der Waals surface area contributed by atoms with Gasteiger partial charge in [0.25, 0.3) is 0 Å². The van der Waals surface area contributed by atoms with Crippen LogP contribution in [-0.4, -0.2) is 104 Å². The quantitative estimate of drug-likeness (QED) is 0.186. The second-order valence-electron chi connectivity index (χ2n) is 18.8. The SMILES string of the molecule is CC(=O)O[C@@H]([C@@H]1C[C@@H](C)[C@H]2[C@](O)(O1)[C@H](O)[C@@]1(C)[C@@H]3CCC4C(C)(C)[C@@H](O[C@@H]5OC[C@@H](O)[C@H](O)[C@H]5O)CC[C@@]45CC35CC[C@]21C)C(C)(C)O. The Hall–Kier alpha value is -0.890. The molecule has 5 aliphatic carbocycles. The third kappa shape index (κ3) is 4.41. The van der Waals surface area contributed by atoms with Gasteiger partial charge in [0.2, 0.25) is 0 Å². The van der Waals surface area contributed by atoms with E-state index < -0.39 is 71.1 Å².